The van der Waals surface area contributed by atoms with E-state index in [2.05, 4.69) is 4.98 Å². The third-order valence-electron chi connectivity index (χ3n) is 5.20. The summed E-state index contributed by atoms with van der Waals surface area (Å²) in [7, 11) is 0. The average Bonchev–Trinajstić information content (AvgIpc) is 2.87. The number of thioether (sulfide) groups is 1. The monoisotopic (exact) mass is 396 g/mol. The molecule has 1 unspecified atom stereocenters. The van der Waals surface area contributed by atoms with E-state index in [0.29, 0.717) is 42.1 Å². The molecule has 1 N–H and O–H groups in total. The van der Waals surface area contributed by atoms with Gasteiger partial charge in [-0.05, 0) is 25.5 Å². The number of nitrogens with zero attached hydrogens (tertiary/aromatic N) is 1. The van der Waals surface area contributed by atoms with Crippen molar-refractivity contribution in [2.75, 3.05) is 18.8 Å². The van der Waals surface area contributed by atoms with Gasteiger partial charge in [-0.15, -0.1) is 0 Å². The largest absolute Gasteiger partial charge is 0.358 e. The topological polar surface area (TPSA) is 53.2 Å². The van der Waals surface area contributed by atoms with Crippen LogP contribution in [0.5, 0.6) is 0 Å². The molecule has 0 aliphatic carbocycles. The van der Waals surface area contributed by atoms with Crippen LogP contribution >= 0.6 is 11.8 Å². The number of fused-ring (bicyclic) bond motifs is 1. The van der Waals surface area contributed by atoms with E-state index in [1.165, 1.54) is 6.07 Å². The van der Waals surface area contributed by atoms with Crippen LogP contribution < -0.4 is 0 Å². The minimum absolute atomic E-state index is 0.0103. The molecule has 28 heavy (non-hydrogen) atoms. The fraction of sp³-hybridized carbons (Fsp3) is 0.273. The molecule has 1 fully saturated rings. The molecule has 1 amide bonds. The standard InChI is InChI=1S/C22H21FN2O2S/c1-14-20(16-7-3-5-9-18(16)24-14)21(26)22(27)25-11-10-19(28-13-12-25)15-6-2-4-8-17(15)23/h2-9,19,24H,10-13H2,1H3. The van der Waals surface area contributed by atoms with Gasteiger partial charge in [0, 0.05) is 46.3 Å². The molecular weight excluding hydrogens is 375 g/mol. The van der Waals surface area contributed by atoms with Crippen LogP contribution in [-0.4, -0.2) is 40.4 Å². The molecule has 144 valence electrons. The van der Waals surface area contributed by atoms with Crippen molar-refractivity contribution in [1.82, 2.24) is 9.88 Å². The Morgan fingerprint density at radius 3 is 2.68 bits per heavy atom. The number of rotatable bonds is 3. The van der Waals surface area contributed by atoms with E-state index in [1.54, 1.807) is 28.8 Å². The lowest BCUT2D eigenvalue weighted by Gasteiger charge is -2.19. The molecule has 4 nitrogen and oxygen atoms in total. The highest BCUT2D eigenvalue weighted by atomic mass is 32.2. The smallest absolute Gasteiger partial charge is 0.295 e. The second-order valence-electron chi connectivity index (χ2n) is 6.96. The number of aryl methyl sites for hydroxylation is 1. The van der Waals surface area contributed by atoms with Gasteiger partial charge in [0.15, 0.2) is 0 Å². The SMILES string of the molecule is Cc1[nH]c2ccccc2c1C(=O)C(=O)N1CCSC(c2ccccc2F)CC1. The van der Waals surface area contributed by atoms with Crippen LogP contribution in [0.1, 0.15) is 33.3 Å². The van der Waals surface area contributed by atoms with Gasteiger partial charge in [-0.1, -0.05) is 36.4 Å². The summed E-state index contributed by atoms with van der Waals surface area (Å²) < 4.78 is 14.1. The Labute approximate surface area is 167 Å². The zero-order chi connectivity index (χ0) is 19.7. The van der Waals surface area contributed by atoms with Crippen LogP contribution in [0.25, 0.3) is 10.9 Å². The number of aromatic nitrogens is 1. The molecule has 0 spiro atoms. The van der Waals surface area contributed by atoms with E-state index in [-0.39, 0.29) is 11.1 Å². The first-order chi connectivity index (χ1) is 13.6. The van der Waals surface area contributed by atoms with Crippen LogP contribution in [0.15, 0.2) is 48.5 Å². The third-order valence-corrected chi connectivity index (χ3v) is 6.51. The number of benzene rings is 2. The van der Waals surface area contributed by atoms with Crippen molar-refractivity contribution >= 4 is 34.4 Å². The van der Waals surface area contributed by atoms with Crippen molar-refractivity contribution in [2.45, 2.75) is 18.6 Å². The molecule has 2 heterocycles. The first-order valence-corrected chi connectivity index (χ1v) is 10.4. The minimum atomic E-state index is -0.484. The van der Waals surface area contributed by atoms with Crippen molar-refractivity contribution < 1.29 is 14.0 Å². The third kappa shape index (κ3) is 3.44. The Morgan fingerprint density at radius 2 is 1.86 bits per heavy atom. The Kier molecular flexibility index (Phi) is 5.22. The lowest BCUT2D eigenvalue weighted by Crippen LogP contribution is -2.38. The van der Waals surface area contributed by atoms with E-state index in [4.69, 9.17) is 0 Å². The molecule has 3 aromatic rings. The van der Waals surface area contributed by atoms with Crippen molar-refractivity contribution in [1.29, 1.82) is 0 Å². The predicted molar refractivity (Wildman–Crippen MR) is 110 cm³/mol. The summed E-state index contributed by atoms with van der Waals surface area (Å²) in [5.74, 6) is -0.512. The second-order valence-corrected chi connectivity index (χ2v) is 8.27. The molecular formula is C22H21FN2O2S. The number of H-pyrrole nitrogens is 1. The summed E-state index contributed by atoms with van der Waals surface area (Å²) in [6.45, 7) is 2.74. The number of hydrogen-bond donors (Lipinski definition) is 1. The minimum Gasteiger partial charge on any atom is -0.358 e. The number of carbonyl (C=O) groups excluding carboxylic acids is 2. The van der Waals surface area contributed by atoms with Gasteiger partial charge in [-0.2, -0.15) is 11.8 Å². The van der Waals surface area contributed by atoms with Crippen LogP contribution in [0.4, 0.5) is 4.39 Å². The van der Waals surface area contributed by atoms with Crippen LogP contribution in [0.2, 0.25) is 0 Å². The highest BCUT2D eigenvalue weighted by molar-refractivity contribution is 7.99. The molecule has 2 aromatic carbocycles. The summed E-state index contributed by atoms with van der Waals surface area (Å²) in [6.07, 6.45) is 0.623. The predicted octanol–water partition coefficient (Wildman–Crippen LogP) is 4.50. The Balaban J connectivity index is 1.53. The highest BCUT2D eigenvalue weighted by Gasteiger charge is 2.30. The lowest BCUT2D eigenvalue weighted by molar-refractivity contribution is -0.126. The maximum atomic E-state index is 14.1. The van der Waals surface area contributed by atoms with Crippen LogP contribution in [-0.2, 0) is 4.79 Å². The van der Waals surface area contributed by atoms with E-state index in [1.807, 2.05) is 37.3 Å². The van der Waals surface area contributed by atoms with Crippen molar-refractivity contribution in [3.8, 4) is 0 Å². The number of Topliss-reactive ketones (excluding diaryl/α,β-unsaturated/α-hetero) is 1. The van der Waals surface area contributed by atoms with Gasteiger partial charge >= 0.3 is 0 Å². The molecule has 0 radical (unpaired) electrons. The summed E-state index contributed by atoms with van der Waals surface area (Å²) in [5, 5.41) is 0.760. The fourth-order valence-corrected chi connectivity index (χ4v) is 5.03. The van der Waals surface area contributed by atoms with Crippen molar-refractivity contribution in [3.05, 3.63) is 71.2 Å². The van der Waals surface area contributed by atoms with E-state index < -0.39 is 11.7 Å². The zero-order valence-electron chi connectivity index (χ0n) is 15.6. The number of hydrogen-bond acceptors (Lipinski definition) is 3. The molecule has 0 bridgehead atoms. The quantitative estimate of drug-likeness (QED) is 0.524. The normalized spacial score (nSPS) is 17.5. The van der Waals surface area contributed by atoms with Gasteiger partial charge in [0.2, 0.25) is 0 Å². The number of amides is 1. The number of aromatic amines is 1. The molecule has 1 aliphatic heterocycles. The lowest BCUT2D eigenvalue weighted by atomic mass is 10.0. The van der Waals surface area contributed by atoms with Gasteiger partial charge in [0.25, 0.3) is 11.7 Å². The number of carbonyl (C=O) groups is 2. The molecule has 1 saturated heterocycles. The van der Waals surface area contributed by atoms with Gasteiger partial charge in [0.05, 0.1) is 5.56 Å². The molecule has 6 heteroatoms. The van der Waals surface area contributed by atoms with Crippen LogP contribution in [0, 0.1) is 12.7 Å². The van der Waals surface area contributed by atoms with Gasteiger partial charge in [-0.3, -0.25) is 9.59 Å². The Morgan fingerprint density at radius 1 is 1.11 bits per heavy atom. The Hall–Kier alpha value is -2.60. The number of ketones is 1. The highest BCUT2D eigenvalue weighted by Crippen LogP contribution is 2.35. The van der Waals surface area contributed by atoms with Crippen molar-refractivity contribution in [2.24, 2.45) is 0 Å². The first-order valence-electron chi connectivity index (χ1n) is 9.33. The maximum absolute atomic E-state index is 14.1. The van der Waals surface area contributed by atoms with Gasteiger partial charge in [-0.25, -0.2) is 4.39 Å². The number of nitrogens with one attached hydrogen (secondary N) is 1. The van der Waals surface area contributed by atoms with E-state index in [9.17, 15) is 14.0 Å². The molecule has 1 aromatic heterocycles. The molecule has 1 aliphatic rings. The molecule has 0 saturated carbocycles. The zero-order valence-corrected chi connectivity index (χ0v) is 16.4. The average molecular weight is 396 g/mol. The van der Waals surface area contributed by atoms with Gasteiger partial charge in [0.1, 0.15) is 5.82 Å². The molecule has 1 atom stereocenters. The summed E-state index contributed by atoms with van der Waals surface area (Å²) in [5.41, 5.74) is 2.67. The van der Waals surface area contributed by atoms with Crippen LogP contribution in [0.3, 0.4) is 0 Å². The maximum Gasteiger partial charge on any atom is 0.295 e. The summed E-state index contributed by atoms with van der Waals surface area (Å²) in [4.78, 5) is 30.7. The molecule has 4 rings (SSSR count). The summed E-state index contributed by atoms with van der Waals surface area (Å²) >= 11 is 1.64. The second kappa shape index (κ2) is 7.80. The van der Waals surface area contributed by atoms with E-state index in [0.717, 1.165) is 10.9 Å². The van der Waals surface area contributed by atoms with Gasteiger partial charge < -0.3 is 9.88 Å². The van der Waals surface area contributed by atoms with E-state index >= 15 is 0 Å². The number of para-hydroxylation sites is 1. The Bertz CT molecular complexity index is 1050. The summed E-state index contributed by atoms with van der Waals surface area (Å²) in [6, 6.07) is 14.3. The first kappa shape index (κ1) is 18.7. The fourth-order valence-electron chi connectivity index (χ4n) is 3.78. The number of halogens is 1. The van der Waals surface area contributed by atoms with Crippen molar-refractivity contribution in [3.63, 3.8) is 0 Å².